The molecule has 0 bridgehead atoms. The molecule has 0 saturated carbocycles. The minimum absolute atomic E-state index is 0.0555. The van der Waals surface area contributed by atoms with Crippen LogP contribution in [0.4, 0.5) is 0 Å². The summed E-state index contributed by atoms with van der Waals surface area (Å²) in [6.45, 7) is 3.97. The van der Waals surface area contributed by atoms with Gasteiger partial charge in [-0.3, -0.25) is 4.79 Å². The summed E-state index contributed by atoms with van der Waals surface area (Å²) in [5.41, 5.74) is 0.802. The molecule has 2 aromatic heterocycles. The SMILES string of the molecule is CCc1nnsc1C(=O)c1ccc(C)s1. The molecule has 0 fully saturated rings. The summed E-state index contributed by atoms with van der Waals surface area (Å²) in [5.74, 6) is 0.0555. The van der Waals surface area contributed by atoms with Gasteiger partial charge in [-0.05, 0) is 37.0 Å². The molecule has 0 atom stereocenters. The molecular formula is C10H10N2OS2. The molecular weight excluding hydrogens is 228 g/mol. The van der Waals surface area contributed by atoms with Gasteiger partial charge in [0.15, 0.2) is 0 Å². The lowest BCUT2D eigenvalue weighted by molar-refractivity contribution is 0.104. The summed E-state index contributed by atoms with van der Waals surface area (Å²) in [5, 5.41) is 3.94. The number of rotatable bonds is 3. The van der Waals surface area contributed by atoms with Gasteiger partial charge in [-0.2, -0.15) is 0 Å². The molecule has 3 nitrogen and oxygen atoms in total. The van der Waals surface area contributed by atoms with E-state index in [-0.39, 0.29) is 5.78 Å². The van der Waals surface area contributed by atoms with Crippen molar-refractivity contribution in [2.24, 2.45) is 0 Å². The lowest BCUT2D eigenvalue weighted by atomic mass is 10.2. The Morgan fingerprint density at radius 1 is 1.47 bits per heavy atom. The Kier molecular flexibility index (Phi) is 2.93. The molecule has 0 aliphatic heterocycles. The van der Waals surface area contributed by atoms with Gasteiger partial charge < -0.3 is 0 Å². The molecule has 78 valence electrons. The maximum Gasteiger partial charge on any atom is 0.216 e. The van der Waals surface area contributed by atoms with Gasteiger partial charge in [0.05, 0.1) is 10.6 Å². The van der Waals surface area contributed by atoms with Crippen molar-refractivity contribution in [1.29, 1.82) is 0 Å². The Balaban J connectivity index is 2.36. The first-order valence-electron chi connectivity index (χ1n) is 4.64. The smallest absolute Gasteiger partial charge is 0.216 e. The van der Waals surface area contributed by atoms with Gasteiger partial charge in [0, 0.05) is 4.88 Å². The van der Waals surface area contributed by atoms with Gasteiger partial charge in [-0.15, -0.1) is 16.4 Å². The minimum atomic E-state index is 0.0555. The first-order valence-corrected chi connectivity index (χ1v) is 6.23. The highest BCUT2D eigenvalue weighted by molar-refractivity contribution is 7.15. The van der Waals surface area contributed by atoms with Crippen LogP contribution >= 0.6 is 22.9 Å². The lowest BCUT2D eigenvalue weighted by Crippen LogP contribution is -1.99. The molecule has 0 aliphatic rings. The average Bonchev–Trinajstić information content (AvgIpc) is 2.84. The zero-order valence-electron chi connectivity index (χ0n) is 8.48. The molecule has 0 amide bonds. The zero-order chi connectivity index (χ0) is 10.8. The normalized spacial score (nSPS) is 10.5. The van der Waals surface area contributed by atoms with Gasteiger partial charge in [0.1, 0.15) is 4.88 Å². The summed E-state index contributed by atoms with van der Waals surface area (Å²) in [6, 6.07) is 3.82. The van der Waals surface area contributed by atoms with Crippen LogP contribution in [-0.2, 0) is 6.42 Å². The Morgan fingerprint density at radius 3 is 2.87 bits per heavy atom. The molecule has 0 saturated heterocycles. The highest BCUT2D eigenvalue weighted by Crippen LogP contribution is 2.22. The molecule has 2 heterocycles. The van der Waals surface area contributed by atoms with Crippen molar-refractivity contribution in [3.8, 4) is 0 Å². The number of ketones is 1. The van der Waals surface area contributed by atoms with Gasteiger partial charge in [-0.25, -0.2) is 0 Å². The number of hydrogen-bond donors (Lipinski definition) is 0. The fourth-order valence-electron chi connectivity index (χ4n) is 1.28. The highest BCUT2D eigenvalue weighted by Gasteiger charge is 2.17. The van der Waals surface area contributed by atoms with Crippen molar-refractivity contribution in [2.75, 3.05) is 0 Å². The van der Waals surface area contributed by atoms with Crippen LogP contribution in [0, 0.1) is 6.92 Å². The summed E-state index contributed by atoms with van der Waals surface area (Å²) in [4.78, 5) is 14.6. The first-order chi connectivity index (χ1) is 7.22. The molecule has 0 unspecified atom stereocenters. The number of nitrogens with zero attached hydrogens (tertiary/aromatic N) is 2. The van der Waals surface area contributed by atoms with E-state index in [4.69, 9.17) is 0 Å². The number of aryl methyl sites for hydroxylation is 2. The summed E-state index contributed by atoms with van der Waals surface area (Å²) >= 11 is 2.70. The fourth-order valence-corrected chi connectivity index (χ4v) is 2.86. The quantitative estimate of drug-likeness (QED) is 0.772. The molecule has 0 aromatic carbocycles. The summed E-state index contributed by atoms with van der Waals surface area (Å²) < 4.78 is 3.82. The van der Waals surface area contributed by atoms with Gasteiger partial charge in [0.25, 0.3) is 0 Å². The third kappa shape index (κ3) is 1.98. The van der Waals surface area contributed by atoms with Gasteiger partial charge in [0.2, 0.25) is 5.78 Å². The highest BCUT2D eigenvalue weighted by atomic mass is 32.1. The fraction of sp³-hybridized carbons (Fsp3) is 0.300. The number of thiophene rings is 1. The van der Waals surface area contributed by atoms with E-state index in [0.29, 0.717) is 4.88 Å². The predicted molar refractivity (Wildman–Crippen MR) is 61.8 cm³/mol. The lowest BCUT2D eigenvalue weighted by Gasteiger charge is -1.94. The van der Waals surface area contributed by atoms with Crippen molar-refractivity contribution >= 4 is 28.7 Å². The molecule has 5 heteroatoms. The zero-order valence-corrected chi connectivity index (χ0v) is 10.1. The van der Waals surface area contributed by atoms with E-state index in [1.807, 2.05) is 26.0 Å². The van der Waals surface area contributed by atoms with Crippen LogP contribution in [-0.4, -0.2) is 15.4 Å². The van der Waals surface area contributed by atoms with Crippen LogP contribution in [0.1, 0.15) is 32.0 Å². The van der Waals surface area contributed by atoms with Crippen LogP contribution in [0.3, 0.4) is 0 Å². The molecule has 0 spiro atoms. The van der Waals surface area contributed by atoms with Crippen LogP contribution in [0.2, 0.25) is 0 Å². The monoisotopic (exact) mass is 238 g/mol. The second-order valence-corrected chi connectivity index (χ2v) is 5.18. The van der Waals surface area contributed by atoms with Crippen LogP contribution in [0.25, 0.3) is 0 Å². The number of aromatic nitrogens is 2. The van der Waals surface area contributed by atoms with Crippen LogP contribution in [0.5, 0.6) is 0 Å². The van der Waals surface area contributed by atoms with E-state index in [1.165, 1.54) is 22.9 Å². The molecule has 0 N–H and O–H groups in total. The largest absolute Gasteiger partial charge is 0.287 e. The van der Waals surface area contributed by atoms with E-state index in [0.717, 1.165) is 21.9 Å². The molecule has 15 heavy (non-hydrogen) atoms. The van der Waals surface area contributed by atoms with E-state index in [9.17, 15) is 4.79 Å². The second kappa shape index (κ2) is 4.20. The number of carbonyl (C=O) groups excluding carboxylic acids is 1. The molecule has 2 aromatic rings. The van der Waals surface area contributed by atoms with Crippen molar-refractivity contribution in [1.82, 2.24) is 9.59 Å². The predicted octanol–water partition coefficient (Wildman–Crippen LogP) is 2.70. The van der Waals surface area contributed by atoms with E-state index in [1.54, 1.807) is 0 Å². The van der Waals surface area contributed by atoms with E-state index < -0.39 is 0 Å². The van der Waals surface area contributed by atoms with Gasteiger partial charge >= 0.3 is 0 Å². The second-order valence-electron chi connectivity index (χ2n) is 3.14. The molecule has 2 rings (SSSR count). The van der Waals surface area contributed by atoms with Crippen LogP contribution < -0.4 is 0 Å². The molecule has 0 radical (unpaired) electrons. The maximum absolute atomic E-state index is 12.0. The third-order valence-corrected chi connectivity index (χ3v) is 3.83. The van der Waals surface area contributed by atoms with Crippen molar-refractivity contribution in [2.45, 2.75) is 20.3 Å². The van der Waals surface area contributed by atoms with Gasteiger partial charge in [-0.1, -0.05) is 11.4 Å². The van der Waals surface area contributed by atoms with Crippen LogP contribution in [0.15, 0.2) is 12.1 Å². The standard InChI is InChI=1S/C10H10N2OS2/c1-3-7-10(15-12-11-7)9(13)8-5-4-6(2)14-8/h4-5H,3H2,1-2H3. The first kappa shape index (κ1) is 10.4. The van der Waals surface area contributed by atoms with Crippen molar-refractivity contribution < 1.29 is 4.79 Å². The Morgan fingerprint density at radius 2 is 2.27 bits per heavy atom. The van der Waals surface area contributed by atoms with Crippen molar-refractivity contribution in [3.05, 3.63) is 32.5 Å². The Labute approximate surface area is 95.9 Å². The summed E-state index contributed by atoms with van der Waals surface area (Å²) in [6.07, 6.45) is 0.752. The maximum atomic E-state index is 12.0. The number of hydrogen-bond acceptors (Lipinski definition) is 5. The Hall–Kier alpha value is -1.07. The average molecular weight is 238 g/mol. The van der Waals surface area contributed by atoms with E-state index >= 15 is 0 Å². The minimum Gasteiger partial charge on any atom is -0.287 e. The summed E-state index contributed by atoms with van der Waals surface area (Å²) in [7, 11) is 0. The number of carbonyl (C=O) groups is 1. The Bertz CT molecular complexity index is 487. The molecule has 0 aliphatic carbocycles. The van der Waals surface area contributed by atoms with Crippen molar-refractivity contribution in [3.63, 3.8) is 0 Å². The third-order valence-electron chi connectivity index (χ3n) is 2.06. The van der Waals surface area contributed by atoms with E-state index in [2.05, 4.69) is 9.59 Å². The topological polar surface area (TPSA) is 42.9 Å².